The van der Waals surface area contributed by atoms with Gasteiger partial charge in [-0.1, -0.05) is 121 Å². The van der Waals surface area contributed by atoms with Crippen LogP contribution in [0.5, 0.6) is 0 Å². The molecule has 0 unspecified atom stereocenters. The van der Waals surface area contributed by atoms with Crippen LogP contribution in [0, 0.1) is 0 Å². The van der Waals surface area contributed by atoms with E-state index in [1.54, 1.807) is 0 Å². The highest BCUT2D eigenvalue weighted by Gasteiger charge is 2.14. The van der Waals surface area contributed by atoms with Gasteiger partial charge in [0.25, 0.3) is 0 Å². The van der Waals surface area contributed by atoms with Crippen molar-refractivity contribution < 1.29 is 4.42 Å². The molecule has 0 aliphatic carbocycles. The van der Waals surface area contributed by atoms with Gasteiger partial charge in [0.1, 0.15) is 11.2 Å². The van der Waals surface area contributed by atoms with Crippen molar-refractivity contribution in [3.05, 3.63) is 152 Å². The third kappa shape index (κ3) is 4.09. The summed E-state index contributed by atoms with van der Waals surface area (Å²) in [6, 6.07) is 53.2. The zero-order valence-corrected chi connectivity index (χ0v) is 22.3. The SMILES string of the molecule is c1ccc(-c2cc(-c3ccc(-c4ccc5oc6ccccc6c5c4)c4ccccc34)cc(-c3ccccc3)n2)cc1. The van der Waals surface area contributed by atoms with Crippen LogP contribution in [-0.2, 0) is 0 Å². The number of para-hydroxylation sites is 1. The van der Waals surface area contributed by atoms with Crippen LogP contribution in [0.3, 0.4) is 0 Å². The van der Waals surface area contributed by atoms with Gasteiger partial charge >= 0.3 is 0 Å². The van der Waals surface area contributed by atoms with Gasteiger partial charge in [0.2, 0.25) is 0 Å². The van der Waals surface area contributed by atoms with Crippen LogP contribution >= 0.6 is 0 Å². The Morgan fingerprint density at radius 1 is 0.341 bits per heavy atom. The maximum Gasteiger partial charge on any atom is 0.135 e. The van der Waals surface area contributed by atoms with Gasteiger partial charge in [-0.25, -0.2) is 4.98 Å². The number of hydrogen-bond acceptors (Lipinski definition) is 2. The van der Waals surface area contributed by atoms with Crippen LogP contribution in [0.2, 0.25) is 0 Å². The highest BCUT2D eigenvalue weighted by Crippen LogP contribution is 2.39. The van der Waals surface area contributed by atoms with Gasteiger partial charge in [-0.05, 0) is 63.4 Å². The second kappa shape index (κ2) is 9.62. The number of nitrogens with zero attached hydrogens (tertiary/aromatic N) is 1. The maximum absolute atomic E-state index is 6.10. The fraction of sp³-hybridized carbons (Fsp3) is 0. The Morgan fingerprint density at radius 3 is 1.49 bits per heavy atom. The minimum atomic E-state index is 0.912. The van der Waals surface area contributed by atoms with E-state index in [1.807, 2.05) is 24.3 Å². The summed E-state index contributed by atoms with van der Waals surface area (Å²) >= 11 is 0. The second-order valence-electron chi connectivity index (χ2n) is 10.4. The van der Waals surface area contributed by atoms with Crippen LogP contribution in [-0.4, -0.2) is 4.98 Å². The van der Waals surface area contributed by atoms with Gasteiger partial charge in [-0.15, -0.1) is 0 Å². The topological polar surface area (TPSA) is 26.0 Å². The summed E-state index contributed by atoms with van der Waals surface area (Å²) in [4.78, 5) is 5.08. The number of pyridine rings is 1. The molecule has 0 aliphatic heterocycles. The lowest BCUT2D eigenvalue weighted by atomic mass is 9.91. The Morgan fingerprint density at radius 2 is 0.854 bits per heavy atom. The first-order valence-electron chi connectivity index (χ1n) is 13.9. The van der Waals surface area contributed by atoms with E-state index in [4.69, 9.17) is 9.40 Å². The van der Waals surface area contributed by atoms with Gasteiger partial charge in [0, 0.05) is 21.9 Å². The zero-order valence-electron chi connectivity index (χ0n) is 22.3. The normalized spacial score (nSPS) is 11.4. The van der Waals surface area contributed by atoms with Crippen LogP contribution in [0.25, 0.3) is 77.5 Å². The average molecular weight is 524 g/mol. The molecule has 0 amide bonds. The highest BCUT2D eigenvalue weighted by molar-refractivity contribution is 6.09. The van der Waals surface area contributed by atoms with Crippen molar-refractivity contribution in [2.45, 2.75) is 0 Å². The largest absolute Gasteiger partial charge is 0.456 e. The summed E-state index contributed by atoms with van der Waals surface area (Å²) in [5.41, 5.74) is 10.7. The lowest BCUT2D eigenvalue weighted by Gasteiger charge is -2.15. The Hall–Kier alpha value is -5.47. The zero-order chi connectivity index (χ0) is 27.2. The summed E-state index contributed by atoms with van der Waals surface area (Å²) in [6.45, 7) is 0. The number of furan rings is 1. The highest BCUT2D eigenvalue weighted by atomic mass is 16.3. The van der Waals surface area contributed by atoms with Gasteiger partial charge in [-0.3, -0.25) is 0 Å². The number of fused-ring (bicyclic) bond motifs is 4. The Kier molecular flexibility index (Phi) is 5.49. The molecular weight excluding hydrogens is 498 g/mol. The summed E-state index contributed by atoms with van der Waals surface area (Å²) in [7, 11) is 0. The average Bonchev–Trinajstić information content (AvgIpc) is 3.43. The van der Waals surface area contributed by atoms with Gasteiger partial charge in [-0.2, -0.15) is 0 Å². The molecule has 2 nitrogen and oxygen atoms in total. The molecule has 2 aromatic heterocycles. The number of rotatable bonds is 4. The van der Waals surface area contributed by atoms with E-state index in [-0.39, 0.29) is 0 Å². The smallest absolute Gasteiger partial charge is 0.135 e. The first kappa shape index (κ1) is 23.4. The molecule has 192 valence electrons. The molecule has 2 heteroatoms. The maximum atomic E-state index is 6.10. The van der Waals surface area contributed by atoms with E-state index in [0.29, 0.717) is 0 Å². The lowest BCUT2D eigenvalue weighted by molar-refractivity contribution is 0.669. The van der Waals surface area contributed by atoms with Crippen molar-refractivity contribution in [2.75, 3.05) is 0 Å². The monoisotopic (exact) mass is 523 g/mol. The van der Waals surface area contributed by atoms with E-state index >= 15 is 0 Å². The van der Waals surface area contributed by atoms with Crippen LogP contribution in [0.4, 0.5) is 0 Å². The standard InChI is InChI=1S/C39H25NO/c1-3-11-26(12-4-1)36-24-29(25-37(40-36)27-13-5-2-6-14-27)31-21-20-30(32-15-7-8-16-33(31)32)28-19-22-39-35(23-28)34-17-9-10-18-38(34)41-39/h1-25H. The summed E-state index contributed by atoms with van der Waals surface area (Å²) < 4.78 is 6.10. The molecular formula is C39H25NO. The molecule has 0 fully saturated rings. The molecule has 0 atom stereocenters. The molecule has 0 saturated heterocycles. The van der Waals surface area contributed by atoms with Crippen molar-refractivity contribution in [2.24, 2.45) is 0 Å². The molecule has 0 bridgehead atoms. The molecule has 2 heterocycles. The molecule has 41 heavy (non-hydrogen) atoms. The first-order chi connectivity index (χ1) is 20.3. The minimum absolute atomic E-state index is 0.912. The Labute approximate surface area is 238 Å². The predicted octanol–water partition coefficient (Wildman–Crippen LogP) is 10.8. The fourth-order valence-corrected chi connectivity index (χ4v) is 5.90. The third-order valence-corrected chi connectivity index (χ3v) is 7.89. The molecule has 0 N–H and O–H groups in total. The van der Waals surface area contributed by atoms with Crippen LogP contribution < -0.4 is 0 Å². The van der Waals surface area contributed by atoms with E-state index in [2.05, 4.69) is 127 Å². The van der Waals surface area contributed by atoms with E-state index in [9.17, 15) is 0 Å². The molecule has 0 radical (unpaired) electrons. The molecule has 6 aromatic carbocycles. The van der Waals surface area contributed by atoms with E-state index < -0.39 is 0 Å². The van der Waals surface area contributed by atoms with Crippen molar-refractivity contribution in [3.63, 3.8) is 0 Å². The molecule has 0 saturated carbocycles. The molecule has 0 aliphatic rings. The van der Waals surface area contributed by atoms with Gasteiger partial charge in [0.15, 0.2) is 0 Å². The lowest BCUT2D eigenvalue weighted by Crippen LogP contribution is -1.92. The molecule has 8 aromatic rings. The van der Waals surface area contributed by atoms with Crippen LogP contribution in [0.1, 0.15) is 0 Å². The van der Waals surface area contributed by atoms with E-state index in [0.717, 1.165) is 50.0 Å². The predicted molar refractivity (Wildman–Crippen MR) is 171 cm³/mol. The summed E-state index contributed by atoms with van der Waals surface area (Å²) in [5.74, 6) is 0. The van der Waals surface area contributed by atoms with E-state index in [1.165, 1.54) is 27.5 Å². The summed E-state index contributed by atoms with van der Waals surface area (Å²) in [5, 5.41) is 4.71. The number of benzene rings is 6. The molecule has 8 rings (SSSR count). The second-order valence-corrected chi connectivity index (χ2v) is 10.4. The fourth-order valence-electron chi connectivity index (χ4n) is 5.90. The van der Waals surface area contributed by atoms with Crippen molar-refractivity contribution in [1.29, 1.82) is 0 Å². The Balaban J connectivity index is 1.33. The van der Waals surface area contributed by atoms with Crippen LogP contribution in [0.15, 0.2) is 156 Å². The third-order valence-electron chi connectivity index (χ3n) is 7.89. The Bertz CT molecular complexity index is 2140. The van der Waals surface area contributed by atoms with Crippen molar-refractivity contribution in [3.8, 4) is 44.8 Å². The quantitative estimate of drug-likeness (QED) is 0.229. The first-order valence-corrected chi connectivity index (χ1v) is 13.9. The van der Waals surface area contributed by atoms with Gasteiger partial charge in [0.05, 0.1) is 11.4 Å². The molecule has 0 spiro atoms. The van der Waals surface area contributed by atoms with Gasteiger partial charge < -0.3 is 4.42 Å². The number of hydrogen-bond donors (Lipinski definition) is 0. The summed E-state index contributed by atoms with van der Waals surface area (Å²) in [6.07, 6.45) is 0. The minimum Gasteiger partial charge on any atom is -0.456 e. The van der Waals surface area contributed by atoms with Crippen molar-refractivity contribution in [1.82, 2.24) is 4.98 Å². The number of aromatic nitrogens is 1. The van der Waals surface area contributed by atoms with Crippen molar-refractivity contribution >= 4 is 32.7 Å².